The summed E-state index contributed by atoms with van der Waals surface area (Å²) in [4.78, 5) is 38.5. The SMILES string of the molecule is CC(C(=O)C[C@@H](N)C(=O)O)P(=O)(O)O. The highest BCUT2D eigenvalue weighted by atomic mass is 31.2. The molecule has 0 rings (SSSR count). The molecule has 5 N–H and O–H groups in total. The fraction of sp³-hybridized carbons (Fsp3) is 0.667. The van der Waals surface area contributed by atoms with Gasteiger partial charge in [0, 0.05) is 6.42 Å². The topological polar surface area (TPSA) is 138 Å². The molecule has 2 atom stereocenters. The van der Waals surface area contributed by atoms with Gasteiger partial charge in [0.1, 0.15) is 17.5 Å². The number of hydrogen-bond acceptors (Lipinski definition) is 4. The second-order valence-corrected chi connectivity index (χ2v) is 4.83. The van der Waals surface area contributed by atoms with E-state index in [1.54, 1.807) is 0 Å². The van der Waals surface area contributed by atoms with Gasteiger partial charge in [-0.15, -0.1) is 0 Å². The number of carbonyl (C=O) groups excluding carboxylic acids is 1. The molecule has 8 heteroatoms. The predicted octanol–water partition coefficient (Wildman–Crippen LogP) is -1.08. The molecular weight excluding hydrogens is 213 g/mol. The zero-order valence-electron chi connectivity index (χ0n) is 7.45. The van der Waals surface area contributed by atoms with Gasteiger partial charge in [0.15, 0.2) is 0 Å². The van der Waals surface area contributed by atoms with Gasteiger partial charge in [-0.1, -0.05) is 0 Å². The third-order valence-corrected chi connectivity index (χ3v) is 3.01. The molecule has 0 aliphatic heterocycles. The van der Waals surface area contributed by atoms with Gasteiger partial charge in [-0.2, -0.15) is 0 Å². The molecule has 0 aromatic heterocycles. The third kappa shape index (κ3) is 3.97. The molecule has 0 spiro atoms. The molecule has 0 saturated carbocycles. The molecule has 0 aliphatic rings. The maximum Gasteiger partial charge on any atom is 0.335 e. The van der Waals surface area contributed by atoms with E-state index in [-0.39, 0.29) is 0 Å². The van der Waals surface area contributed by atoms with Gasteiger partial charge >= 0.3 is 13.6 Å². The van der Waals surface area contributed by atoms with E-state index in [4.69, 9.17) is 20.6 Å². The molecule has 0 aliphatic carbocycles. The fourth-order valence-corrected chi connectivity index (χ4v) is 1.14. The van der Waals surface area contributed by atoms with E-state index in [0.717, 1.165) is 6.92 Å². The van der Waals surface area contributed by atoms with Crippen LogP contribution in [0.4, 0.5) is 0 Å². The second-order valence-electron chi connectivity index (χ2n) is 2.88. The van der Waals surface area contributed by atoms with Crippen LogP contribution in [0.2, 0.25) is 0 Å². The van der Waals surface area contributed by atoms with Crippen LogP contribution in [0.3, 0.4) is 0 Å². The summed E-state index contributed by atoms with van der Waals surface area (Å²) in [7, 11) is -4.50. The molecule has 0 fully saturated rings. The van der Waals surface area contributed by atoms with Crippen LogP contribution in [0, 0.1) is 0 Å². The van der Waals surface area contributed by atoms with Gasteiger partial charge in [0.25, 0.3) is 0 Å². The monoisotopic (exact) mass is 225 g/mol. The quantitative estimate of drug-likeness (QED) is 0.436. The van der Waals surface area contributed by atoms with Crippen LogP contribution in [0.5, 0.6) is 0 Å². The van der Waals surface area contributed by atoms with Crippen molar-refractivity contribution in [3.63, 3.8) is 0 Å². The van der Waals surface area contributed by atoms with Crippen molar-refractivity contribution in [1.82, 2.24) is 0 Å². The Kier molecular flexibility index (Phi) is 4.41. The summed E-state index contributed by atoms with van der Waals surface area (Å²) < 4.78 is 10.6. The lowest BCUT2D eigenvalue weighted by atomic mass is 10.1. The first-order chi connectivity index (χ1) is 6.16. The van der Waals surface area contributed by atoms with Crippen LogP contribution < -0.4 is 5.73 Å². The number of aliphatic carboxylic acids is 1. The molecule has 0 heterocycles. The largest absolute Gasteiger partial charge is 0.480 e. The van der Waals surface area contributed by atoms with Crippen molar-refractivity contribution in [3.05, 3.63) is 0 Å². The minimum atomic E-state index is -4.50. The van der Waals surface area contributed by atoms with E-state index >= 15 is 0 Å². The summed E-state index contributed by atoms with van der Waals surface area (Å²) in [6.45, 7) is 1.04. The molecule has 0 amide bonds. The van der Waals surface area contributed by atoms with Crippen molar-refractivity contribution in [2.75, 3.05) is 0 Å². The Morgan fingerprint density at radius 2 is 1.86 bits per heavy atom. The Hall–Kier alpha value is -0.750. The molecule has 0 aromatic rings. The minimum Gasteiger partial charge on any atom is -0.480 e. The average Bonchev–Trinajstić information content (AvgIpc) is 2.00. The van der Waals surface area contributed by atoms with Crippen molar-refractivity contribution in [1.29, 1.82) is 0 Å². The number of carboxylic acid groups (broad SMARTS) is 1. The van der Waals surface area contributed by atoms with Gasteiger partial charge in [-0.25, -0.2) is 0 Å². The molecule has 0 aromatic carbocycles. The smallest absolute Gasteiger partial charge is 0.335 e. The van der Waals surface area contributed by atoms with Crippen molar-refractivity contribution >= 4 is 19.3 Å². The Bertz CT molecular complexity index is 284. The zero-order valence-corrected chi connectivity index (χ0v) is 8.35. The van der Waals surface area contributed by atoms with Gasteiger partial charge in [0.2, 0.25) is 0 Å². The van der Waals surface area contributed by atoms with Gasteiger partial charge in [-0.05, 0) is 6.92 Å². The second kappa shape index (κ2) is 4.65. The van der Waals surface area contributed by atoms with E-state index in [1.807, 2.05) is 0 Å². The molecule has 1 unspecified atom stereocenters. The molecule has 0 saturated heterocycles. The highest BCUT2D eigenvalue weighted by Crippen LogP contribution is 2.41. The molecule has 14 heavy (non-hydrogen) atoms. The summed E-state index contributed by atoms with van der Waals surface area (Å²) >= 11 is 0. The average molecular weight is 225 g/mol. The first kappa shape index (κ1) is 13.2. The van der Waals surface area contributed by atoms with E-state index in [9.17, 15) is 14.2 Å². The highest BCUT2D eigenvalue weighted by molar-refractivity contribution is 7.53. The van der Waals surface area contributed by atoms with E-state index in [1.165, 1.54) is 0 Å². The first-order valence-electron chi connectivity index (χ1n) is 3.72. The third-order valence-electron chi connectivity index (χ3n) is 1.71. The van der Waals surface area contributed by atoms with E-state index in [2.05, 4.69) is 0 Å². The molecular formula is C6H12NO6P. The maximum absolute atomic E-state index is 11.1. The predicted molar refractivity (Wildman–Crippen MR) is 46.7 cm³/mol. The Morgan fingerprint density at radius 3 is 2.14 bits per heavy atom. The summed E-state index contributed by atoms with van der Waals surface area (Å²) in [5, 5.41) is 8.34. The minimum absolute atomic E-state index is 0.582. The lowest BCUT2D eigenvalue weighted by Crippen LogP contribution is -2.35. The number of Topliss-reactive ketones (excluding diaryl/α,β-unsaturated/α-hetero) is 1. The Labute approximate surface area is 80.1 Å². The van der Waals surface area contributed by atoms with E-state index < -0.39 is 37.5 Å². The number of rotatable bonds is 5. The van der Waals surface area contributed by atoms with Gasteiger partial charge < -0.3 is 20.6 Å². The summed E-state index contributed by atoms with van der Waals surface area (Å²) in [5.41, 5.74) is 3.52. The number of hydrogen-bond donors (Lipinski definition) is 4. The molecule has 82 valence electrons. The highest BCUT2D eigenvalue weighted by Gasteiger charge is 2.32. The summed E-state index contributed by atoms with van der Waals surface area (Å²) in [6, 6.07) is -1.42. The van der Waals surface area contributed by atoms with Crippen LogP contribution in [-0.2, 0) is 14.2 Å². The van der Waals surface area contributed by atoms with Crippen molar-refractivity contribution in [2.24, 2.45) is 5.73 Å². The molecule has 7 nitrogen and oxygen atoms in total. The molecule has 0 radical (unpaired) electrons. The summed E-state index contributed by atoms with van der Waals surface area (Å²) in [6.07, 6.45) is -0.582. The van der Waals surface area contributed by atoms with Crippen molar-refractivity contribution in [2.45, 2.75) is 25.0 Å². The normalized spacial score (nSPS) is 16.0. The van der Waals surface area contributed by atoms with Gasteiger partial charge in [0.05, 0.1) is 0 Å². The Morgan fingerprint density at radius 1 is 1.43 bits per heavy atom. The maximum atomic E-state index is 11.1. The van der Waals surface area contributed by atoms with Crippen LogP contribution in [0.1, 0.15) is 13.3 Å². The first-order valence-corrected chi connectivity index (χ1v) is 5.40. The number of nitrogens with two attached hydrogens (primary N) is 1. The standard InChI is InChI=1S/C6H12NO6P/c1-3(14(11,12)13)5(8)2-4(7)6(9)10/h3-4H,2,7H2,1H3,(H,9,10)(H2,11,12,13)/t3?,4-/m1/s1. The van der Waals surface area contributed by atoms with Gasteiger partial charge in [-0.3, -0.25) is 14.2 Å². The van der Waals surface area contributed by atoms with Crippen LogP contribution in [0.15, 0.2) is 0 Å². The number of carbonyl (C=O) groups is 2. The summed E-state index contributed by atoms with van der Waals surface area (Å²) in [5.74, 6) is -2.23. The van der Waals surface area contributed by atoms with Crippen LogP contribution >= 0.6 is 7.60 Å². The van der Waals surface area contributed by atoms with Crippen LogP contribution in [0.25, 0.3) is 0 Å². The zero-order chi connectivity index (χ0) is 11.5. The fourth-order valence-electron chi connectivity index (χ4n) is 0.662. The molecule has 0 bridgehead atoms. The van der Waals surface area contributed by atoms with E-state index in [0.29, 0.717) is 0 Å². The Balaban J connectivity index is 4.37. The lowest BCUT2D eigenvalue weighted by Gasteiger charge is -2.13. The number of ketones is 1. The van der Waals surface area contributed by atoms with Crippen molar-refractivity contribution < 1.29 is 29.0 Å². The van der Waals surface area contributed by atoms with Crippen molar-refractivity contribution in [3.8, 4) is 0 Å². The number of carboxylic acids is 1. The van der Waals surface area contributed by atoms with Crippen LogP contribution in [-0.4, -0.2) is 38.3 Å². The lowest BCUT2D eigenvalue weighted by molar-refractivity contribution is -0.140.